The highest BCUT2D eigenvalue weighted by molar-refractivity contribution is 8.12. The minimum Gasteiger partial charge on any atom is -0.347 e. The number of thioether (sulfide) groups is 1. The molecule has 0 unspecified atom stereocenters. The Bertz CT molecular complexity index is 274. The average molecular weight is 209 g/mol. The molecule has 0 heterocycles. The van der Waals surface area contributed by atoms with Crippen LogP contribution in [-0.4, -0.2) is 18.0 Å². The average Bonchev–Trinajstić information content (AvgIpc) is 2.25. The number of aryl methyl sites for hydroxylation is 1. The van der Waals surface area contributed by atoms with Gasteiger partial charge in [-0.15, -0.1) is 0 Å². The van der Waals surface area contributed by atoms with E-state index in [1.54, 1.807) is 6.26 Å². The minimum atomic E-state index is 0.0538. The summed E-state index contributed by atoms with van der Waals surface area (Å²) in [5, 5.41) is 2.88. The van der Waals surface area contributed by atoms with E-state index in [9.17, 15) is 4.79 Å². The highest BCUT2D eigenvalue weighted by atomic mass is 32.2. The van der Waals surface area contributed by atoms with Gasteiger partial charge in [0.25, 0.3) is 5.24 Å². The summed E-state index contributed by atoms with van der Waals surface area (Å²) in [7, 11) is 0. The van der Waals surface area contributed by atoms with Crippen molar-refractivity contribution in [3.63, 3.8) is 0 Å². The van der Waals surface area contributed by atoms with Crippen molar-refractivity contribution in [1.82, 2.24) is 5.32 Å². The normalized spacial score (nSPS) is 9.79. The molecule has 14 heavy (non-hydrogen) atoms. The van der Waals surface area contributed by atoms with Gasteiger partial charge in [-0.3, -0.25) is 4.79 Å². The first-order valence-electron chi connectivity index (χ1n) is 4.68. The lowest BCUT2D eigenvalue weighted by Crippen LogP contribution is -2.19. The van der Waals surface area contributed by atoms with Gasteiger partial charge in [-0.2, -0.15) is 0 Å². The first-order valence-corrected chi connectivity index (χ1v) is 5.91. The van der Waals surface area contributed by atoms with Crippen LogP contribution in [0.25, 0.3) is 0 Å². The van der Waals surface area contributed by atoms with Crippen LogP contribution in [0.15, 0.2) is 30.3 Å². The van der Waals surface area contributed by atoms with Crippen molar-refractivity contribution in [2.24, 2.45) is 0 Å². The maximum absolute atomic E-state index is 10.9. The molecule has 0 aromatic heterocycles. The zero-order valence-corrected chi connectivity index (χ0v) is 9.14. The molecule has 1 N–H and O–H groups in total. The summed E-state index contributed by atoms with van der Waals surface area (Å²) in [6.07, 6.45) is 3.80. The summed E-state index contributed by atoms with van der Waals surface area (Å²) in [6, 6.07) is 10.3. The fourth-order valence-electron chi connectivity index (χ4n) is 1.20. The Balaban J connectivity index is 2.13. The van der Waals surface area contributed by atoms with Crippen LogP contribution in [0, 0.1) is 0 Å². The second kappa shape index (κ2) is 6.49. The molecule has 0 saturated heterocycles. The van der Waals surface area contributed by atoms with E-state index in [1.165, 1.54) is 17.3 Å². The molecular weight excluding hydrogens is 194 g/mol. The predicted octanol–water partition coefficient (Wildman–Crippen LogP) is 2.69. The number of amides is 1. The maximum atomic E-state index is 10.9. The van der Waals surface area contributed by atoms with E-state index in [0.29, 0.717) is 0 Å². The molecule has 0 spiro atoms. The second-order valence-electron chi connectivity index (χ2n) is 3.01. The molecule has 0 aliphatic carbocycles. The summed E-state index contributed by atoms with van der Waals surface area (Å²) in [6.45, 7) is 0.758. The Morgan fingerprint density at radius 2 is 2.07 bits per heavy atom. The van der Waals surface area contributed by atoms with Crippen LogP contribution in [0.1, 0.15) is 12.0 Å². The van der Waals surface area contributed by atoms with Crippen molar-refractivity contribution in [2.45, 2.75) is 12.8 Å². The zero-order chi connectivity index (χ0) is 10.2. The summed E-state index contributed by atoms with van der Waals surface area (Å²) >= 11 is 1.22. The van der Waals surface area contributed by atoms with Crippen LogP contribution in [0.5, 0.6) is 0 Å². The first-order chi connectivity index (χ1) is 6.83. The number of carbonyl (C=O) groups is 1. The largest absolute Gasteiger partial charge is 0.347 e. The SMILES string of the molecule is CSC(=O)NCCCc1ccccc1. The molecule has 3 heteroatoms. The molecule has 2 nitrogen and oxygen atoms in total. The Labute approximate surface area is 89.1 Å². The molecule has 1 aromatic rings. The van der Waals surface area contributed by atoms with Crippen LogP contribution < -0.4 is 5.32 Å². The number of rotatable bonds is 4. The van der Waals surface area contributed by atoms with E-state index in [-0.39, 0.29) is 5.24 Å². The molecule has 76 valence electrons. The van der Waals surface area contributed by atoms with E-state index in [4.69, 9.17) is 0 Å². The summed E-state index contributed by atoms with van der Waals surface area (Å²) in [4.78, 5) is 10.9. The fraction of sp³-hybridized carbons (Fsp3) is 0.364. The Hall–Kier alpha value is -0.960. The van der Waals surface area contributed by atoms with Gasteiger partial charge in [0.1, 0.15) is 0 Å². The highest BCUT2D eigenvalue weighted by Gasteiger charge is 1.96. The molecule has 1 rings (SSSR count). The summed E-state index contributed by atoms with van der Waals surface area (Å²) in [5.41, 5.74) is 1.32. The van der Waals surface area contributed by atoms with Crippen LogP contribution in [0.2, 0.25) is 0 Å². The monoisotopic (exact) mass is 209 g/mol. The zero-order valence-electron chi connectivity index (χ0n) is 8.32. The molecule has 0 aliphatic heterocycles. The van der Waals surface area contributed by atoms with Crippen molar-refractivity contribution in [2.75, 3.05) is 12.8 Å². The summed E-state index contributed by atoms with van der Waals surface area (Å²) in [5.74, 6) is 0. The molecule has 1 aromatic carbocycles. The third-order valence-electron chi connectivity index (χ3n) is 1.94. The van der Waals surface area contributed by atoms with Crippen molar-refractivity contribution in [3.8, 4) is 0 Å². The minimum absolute atomic E-state index is 0.0538. The van der Waals surface area contributed by atoms with Crippen LogP contribution in [0.4, 0.5) is 4.79 Å². The molecule has 0 fully saturated rings. The standard InChI is InChI=1S/C11H15NOS/c1-14-11(13)12-9-5-8-10-6-3-2-4-7-10/h2-4,6-7H,5,8-9H2,1H3,(H,12,13). The first kappa shape index (κ1) is 11.1. The van der Waals surface area contributed by atoms with E-state index in [2.05, 4.69) is 17.4 Å². The predicted molar refractivity (Wildman–Crippen MR) is 61.7 cm³/mol. The van der Waals surface area contributed by atoms with Crippen LogP contribution >= 0.6 is 11.8 Å². The van der Waals surface area contributed by atoms with Crippen LogP contribution in [0.3, 0.4) is 0 Å². The van der Waals surface area contributed by atoms with E-state index >= 15 is 0 Å². The molecule has 1 amide bonds. The topological polar surface area (TPSA) is 29.1 Å². The van der Waals surface area contributed by atoms with Gasteiger partial charge in [0, 0.05) is 6.54 Å². The third-order valence-corrected chi connectivity index (χ3v) is 2.45. The molecule has 0 atom stereocenters. The van der Waals surface area contributed by atoms with Gasteiger partial charge in [-0.1, -0.05) is 42.1 Å². The van der Waals surface area contributed by atoms with Crippen molar-refractivity contribution < 1.29 is 4.79 Å². The second-order valence-corrected chi connectivity index (χ2v) is 3.79. The van der Waals surface area contributed by atoms with Gasteiger partial charge in [0.15, 0.2) is 0 Å². The molecular formula is C11H15NOS. The highest BCUT2D eigenvalue weighted by Crippen LogP contribution is 2.01. The molecule has 0 saturated carbocycles. The van der Waals surface area contributed by atoms with Gasteiger partial charge < -0.3 is 5.32 Å². The lowest BCUT2D eigenvalue weighted by Gasteiger charge is -2.02. The lowest BCUT2D eigenvalue weighted by atomic mass is 10.1. The smallest absolute Gasteiger partial charge is 0.278 e. The number of hydrogen-bond acceptors (Lipinski definition) is 2. The fourth-order valence-corrected chi connectivity index (χ4v) is 1.45. The van der Waals surface area contributed by atoms with E-state index in [1.807, 2.05) is 18.2 Å². The van der Waals surface area contributed by atoms with Gasteiger partial charge in [-0.05, 0) is 24.7 Å². The van der Waals surface area contributed by atoms with E-state index in [0.717, 1.165) is 19.4 Å². The third kappa shape index (κ3) is 4.33. The van der Waals surface area contributed by atoms with Crippen molar-refractivity contribution >= 4 is 17.0 Å². The van der Waals surface area contributed by atoms with Crippen molar-refractivity contribution in [1.29, 1.82) is 0 Å². The van der Waals surface area contributed by atoms with Gasteiger partial charge in [-0.25, -0.2) is 0 Å². The van der Waals surface area contributed by atoms with E-state index < -0.39 is 0 Å². The van der Waals surface area contributed by atoms with Crippen LogP contribution in [-0.2, 0) is 6.42 Å². The Kier molecular flexibility index (Phi) is 5.15. The summed E-state index contributed by atoms with van der Waals surface area (Å²) < 4.78 is 0. The quantitative estimate of drug-likeness (QED) is 0.772. The Morgan fingerprint density at radius 3 is 2.71 bits per heavy atom. The Morgan fingerprint density at radius 1 is 1.36 bits per heavy atom. The number of hydrogen-bond donors (Lipinski definition) is 1. The number of carbonyl (C=O) groups excluding carboxylic acids is 1. The van der Waals surface area contributed by atoms with Gasteiger partial charge in [0.2, 0.25) is 0 Å². The van der Waals surface area contributed by atoms with Gasteiger partial charge >= 0.3 is 0 Å². The number of nitrogens with one attached hydrogen (secondary N) is 1. The van der Waals surface area contributed by atoms with Gasteiger partial charge in [0.05, 0.1) is 0 Å². The maximum Gasteiger partial charge on any atom is 0.278 e. The number of benzene rings is 1. The van der Waals surface area contributed by atoms with Crippen molar-refractivity contribution in [3.05, 3.63) is 35.9 Å². The molecule has 0 bridgehead atoms. The molecule has 0 radical (unpaired) electrons. The molecule has 0 aliphatic rings. The lowest BCUT2D eigenvalue weighted by molar-refractivity contribution is 0.260.